The first kappa shape index (κ1) is 12.5. The summed E-state index contributed by atoms with van der Waals surface area (Å²) in [6, 6.07) is 6.55. The predicted octanol–water partition coefficient (Wildman–Crippen LogP) is 0.911. The molecule has 2 heterocycles. The number of likely N-dealkylation sites (tertiary alicyclic amines) is 1. The molecule has 0 spiro atoms. The molecule has 3 rings (SSSR count). The van der Waals surface area contributed by atoms with Gasteiger partial charge in [-0.05, 0) is 23.8 Å². The van der Waals surface area contributed by atoms with E-state index in [9.17, 15) is 14.6 Å². The van der Waals surface area contributed by atoms with E-state index >= 15 is 0 Å². The number of halogens is 1. The fourth-order valence-corrected chi connectivity index (χ4v) is 2.54. The van der Waals surface area contributed by atoms with Gasteiger partial charge in [0.25, 0.3) is 0 Å². The molecular weight excluding hydrogens is 247 g/mol. The lowest BCUT2D eigenvalue weighted by atomic mass is 10.1. The van der Waals surface area contributed by atoms with Crippen molar-refractivity contribution in [3.05, 3.63) is 41.8 Å². The highest BCUT2D eigenvalue weighted by Gasteiger charge is 2.29. The van der Waals surface area contributed by atoms with Crippen molar-refractivity contribution >= 4 is 10.9 Å². The number of aliphatic hydroxyl groups is 2. The Kier molecular flexibility index (Phi) is 3.18. The van der Waals surface area contributed by atoms with Gasteiger partial charge in [0.05, 0.1) is 17.7 Å². The van der Waals surface area contributed by atoms with Crippen LogP contribution in [0.1, 0.15) is 5.56 Å². The fraction of sp³-hybridized carbons (Fsp3) is 0.357. The van der Waals surface area contributed by atoms with Gasteiger partial charge in [-0.25, -0.2) is 4.39 Å². The zero-order valence-electron chi connectivity index (χ0n) is 10.3. The average molecular weight is 262 g/mol. The second kappa shape index (κ2) is 4.85. The molecule has 100 valence electrons. The molecule has 0 radical (unpaired) electrons. The molecule has 1 saturated heterocycles. The molecule has 0 amide bonds. The Morgan fingerprint density at radius 2 is 1.95 bits per heavy atom. The van der Waals surface area contributed by atoms with Crippen LogP contribution in [0, 0.1) is 5.82 Å². The van der Waals surface area contributed by atoms with E-state index in [0.29, 0.717) is 30.5 Å². The van der Waals surface area contributed by atoms with Gasteiger partial charge in [-0.3, -0.25) is 9.88 Å². The van der Waals surface area contributed by atoms with Crippen molar-refractivity contribution in [2.24, 2.45) is 0 Å². The zero-order valence-corrected chi connectivity index (χ0v) is 10.3. The van der Waals surface area contributed by atoms with Gasteiger partial charge in [0.15, 0.2) is 0 Å². The first-order valence-electron chi connectivity index (χ1n) is 6.26. The van der Waals surface area contributed by atoms with Crippen LogP contribution < -0.4 is 0 Å². The maximum atomic E-state index is 13.7. The summed E-state index contributed by atoms with van der Waals surface area (Å²) in [6.45, 7) is 1.39. The molecule has 19 heavy (non-hydrogen) atoms. The van der Waals surface area contributed by atoms with E-state index in [1.165, 1.54) is 6.07 Å². The smallest absolute Gasteiger partial charge is 0.132 e. The average Bonchev–Trinajstić information content (AvgIpc) is 2.72. The first-order valence-corrected chi connectivity index (χ1v) is 6.26. The largest absolute Gasteiger partial charge is 0.389 e. The molecule has 0 unspecified atom stereocenters. The molecule has 1 aromatic heterocycles. The molecule has 2 aromatic rings. The lowest BCUT2D eigenvalue weighted by molar-refractivity contribution is 0.0572. The predicted molar refractivity (Wildman–Crippen MR) is 69.0 cm³/mol. The molecule has 1 fully saturated rings. The van der Waals surface area contributed by atoms with Gasteiger partial charge in [0.2, 0.25) is 0 Å². The van der Waals surface area contributed by atoms with Crippen LogP contribution in [0.5, 0.6) is 0 Å². The number of aliphatic hydroxyl groups excluding tert-OH is 2. The number of aromatic nitrogens is 1. The van der Waals surface area contributed by atoms with E-state index in [0.717, 1.165) is 5.56 Å². The Morgan fingerprint density at radius 3 is 2.68 bits per heavy atom. The number of pyridine rings is 1. The topological polar surface area (TPSA) is 56.6 Å². The molecule has 1 aliphatic rings. The van der Waals surface area contributed by atoms with E-state index < -0.39 is 12.2 Å². The summed E-state index contributed by atoms with van der Waals surface area (Å²) in [7, 11) is 0. The van der Waals surface area contributed by atoms with Crippen LogP contribution in [0.3, 0.4) is 0 Å². The maximum Gasteiger partial charge on any atom is 0.132 e. The second-order valence-electron chi connectivity index (χ2n) is 4.93. The highest BCUT2D eigenvalue weighted by molar-refractivity contribution is 5.82. The van der Waals surface area contributed by atoms with Crippen LogP contribution in [0.25, 0.3) is 10.9 Å². The summed E-state index contributed by atoms with van der Waals surface area (Å²) in [6.07, 6.45) is 0.221. The van der Waals surface area contributed by atoms with Crippen molar-refractivity contribution < 1.29 is 14.6 Å². The van der Waals surface area contributed by atoms with E-state index in [1.54, 1.807) is 24.4 Å². The molecule has 4 nitrogen and oxygen atoms in total. The summed E-state index contributed by atoms with van der Waals surface area (Å²) in [5, 5.41) is 19.6. The molecule has 2 N–H and O–H groups in total. The van der Waals surface area contributed by atoms with Crippen molar-refractivity contribution in [2.45, 2.75) is 18.8 Å². The molecular formula is C14H15FN2O2. The van der Waals surface area contributed by atoms with Crippen molar-refractivity contribution in [3.63, 3.8) is 0 Å². The van der Waals surface area contributed by atoms with Crippen LogP contribution in [-0.2, 0) is 6.54 Å². The Labute approximate surface area is 110 Å². The Balaban J connectivity index is 1.92. The summed E-state index contributed by atoms with van der Waals surface area (Å²) < 4.78 is 13.7. The van der Waals surface area contributed by atoms with Crippen LogP contribution in [0.2, 0.25) is 0 Å². The molecule has 5 heteroatoms. The molecule has 0 aliphatic carbocycles. The number of nitrogens with zero attached hydrogens (tertiary/aromatic N) is 2. The number of hydrogen-bond donors (Lipinski definition) is 2. The van der Waals surface area contributed by atoms with E-state index in [2.05, 4.69) is 4.98 Å². The van der Waals surface area contributed by atoms with Crippen molar-refractivity contribution in [1.29, 1.82) is 0 Å². The highest BCUT2D eigenvalue weighted by Crippen LogP contribution is 2.22. The third-order valence-electron chi connectivity index (χ3n) is 3.53. The van der Waals surface area contributed by atoms with Crippen LogP contribution >= 0.6 is 0 Å². The molecule has 1 aliphatic heterocycles. The molecule has 0 saturated carbocycles. The Morgan fingerprint density at radius 1 is 1.21 bits per heavy atom. The fourth-order valence-electron chi connectivity index (χ4n) is 2.54. The van der Waals surface area contributed by atoms with Crippen molar-refractivity contribution in [3.8, 4) is 0 Å². The normalized spacial score (nSPS) is 24.2. The van der Waals surface area contributed by atoms with Gasteiger partial charge in [-0.2, -0.15) is 0 Å². The number of β-amino-alcohol motifs (C(OH)–C–C–N with tert-alkyl or cyclic N) is 2. The SMILES string of the molecule is O[C@@H]1CN(Cc2ccc(F)c3cccnc23)C[C@@H]1O. The standard InChI is InChI=1S/C14H15FN2O2/c15-11-4-3-9(14-10(11)2-1-5-16-14)6-17-7-12(18)13(19)8-17/h1-5,12-13,18-19H,6-8H2/t12-,13+. The summed E-state index contributed by atoms with van der Waals surface area (Å²) in [4.78, 5) is 6.17. The third-order valence-corrected chi connectivity index (χ3v) is 3.53. The van der Waals surface area contributed by atoms with Gasteiger partial charge in [0.1, 0.15) is 5.82 Å². The lowest BCUT2D eigenvalue weighted by Crippen LogP contribution is -2.22. The van der Waals surface area contributed by atoms with Gasteiger partial charge >= 0.3 is 0 Å². The van der Waals surface area contributed by atoms with Crippen LogP contribution in [0.15, 0.2) is 30.5 Å². The quantitative estimate of drug-likeness (QED) is 0.844. The number of rotatable bonds is 2. The van der Waals surface area contributed by atoms with Gasteiger partial charge in [-0.1, -0.05) is 6.07 Å². The highest BCUT2D eigenvalue weighted by atomic mass is 19.1. The van der Waals surface area contributed by atoms with Gasteiger partial charge in [-0.15, -0.1) is 0 Å². The van der Waals surface area contributed by atoms with E-state index in [4.69, 9.17) is 0 Å². The molecule has 0 bridgehead atoms. The minimum atomic E-state index is -0.709. The minimum Gasteiger partial charge on any atom is -0.389 e. The Hall–Kier alpha value is -1.56. The van der Waals surface area contributed by atoms with Crippen LogP contribution in [0.4, 0.5) is 4.39 Å². The lowest BCUT2D eigenvalue weighted by Gasteiger charge is -2.16. The van der Waals surface area contributed by atoms with Crippen LogP contribution in [-0.4, -0.2) is 45.4 Å². The van der Waals surface area contributed by atoms with Gasteiger partial charge in [0, 0.05) is 31.2 Å². The Bertz CT molecular complexity index is 595. The second-order valence-corrected chi connectivity index (χ2v) is 4.93. The van der Waals surface area contributed by atoms with E-state index in [-0.39, 0.29) is 5.82 Å². The minimum absolute atomic E-state index is 0.284. The first-order chi connectivity index (χ1) is 9.15. The third kappa shape index (κ3) is 2.32. The summed E-state index contributed by atoms with van der Waals surface area (Å²) in [5.41, 5.74) is 1.54. The van der Waals surface area contributed by atoms with Crippen molar-refractivity contribution in [2.75, 3.05) is 13.1 Å². The number of benzene rings is 1. The van der Waals surface area contributed by atoms with Gasteiger partial charge < -0.3 is 10.2 Å². The number of hydrogen-bond acceptors (Lipinski definition) is 4. The number of fused-ring (bicyclic) bond motifs is 1. The summed E-state index contributed by atoms with van der Waals surface area (Å²) >= 11 is 0. The van der Waals surface area contributed by atoms with Crippen molar-refractivity contribution in [1.82, 2.24) is 9.88 Å². The monoisotopic (exact) mass is 262 g/mol. The van der Waals surface area contributed by atoms with E-state index in [1.807, 2.05) is 4.90 Å². The molecule has 2 atom stereocenters. The summed E-state index contributed by atoms with van der Waals surface area (Å²) in [5.74, 6) is -0.284. The zero-order chi connectivity index (χ0) is 13.4. The maximum absolute atomic E-state index is 13.7. The molecule has 1 aromatic carbocycles.